The largest absolute Gasteiger partial charge is 0.321 e. The van der Waals surface area contributed by atoms with E-state index < -0.39 is 17.2 Å². The van der Waals surface area contributed by atoms with Crippen molar-refractivity contribution in [1.29, 1.82) is 0 Å². The maximum absolute atomic E-state index is 13.3. The molecule has 0 aliphatic heterocycles. The molecular weight excluding hydrogens is 275 g/mol. The van der Waals surface area contributed by atoms with Crippen molar-refractivity contribution in [2.45, 2.75) is 18.4 Å². The predicted molar refractivity (Wildman–Crippen MR) is 56.4 cm³/mol. The van der Waals surface area contributed by atoms with Gasteiger partial charge in [-0.25, -0.2) is 8.78 Å². The second-order valence-corrected chi connectivity index (χ2v) is 4.17. The van der Waals surface area contributed by atoms with Gasteiger partial charge in [-0.1, -0.05) is 0 Å². The summed E-state index contributed by atoms with van der Waals surface area (Å²) in [6, 6.07) is 2.21. The van der Waals surface area contributed by atoms with E-state index in [1.54, 1.807) is 0 Å². The van der Waals surface area contributed by atoms with Gasteiger partial charge in [-0.3, -0.25) is 0 Å². The highest BCUT2D eigenvalue weighted by atomic mass is 79.9. The Morgan fingerprint density at radius 1 is 1.21 bits per heavy atom. The number of benzene rings is 1. The van der Waals surface area contributed by atoms with Gasteiger partial charge in [0.15, 0.2) is 0 Å². The van der Waals surface area contributed by atoms with Crippen LogP contribution in [0.1, 0.15) is 18.4 Å². The first kappa shape index (κ1) is 11.9. The topological polar surface area (TPSA) is 26.0 Å². The maximum atomic E-state index is 13.3. The molecule has 0 bridgehead atoms. The lowest BCUT2D eigenvalue weighted by Crippen LogP contribution is -2.21. The van der Waals surface area contributed by atoms with Gasteiger partial charge in [-0.05, 0) is 40.9 Å². The minimum absolute atomic E-state index is 0. The lowest BCUT2D eigenvalue weighted by Gasteiger charge is -2.12. The first-order valence-corrected chi connectivity index (χ1v) is 4.77. The molecule has 0 aromatic heterocycles. The van der Waals surface area contributed by atoms with E-state index >= 15 is 0 Å². The highest BCUT2D eigenvalue weighted by molar-refractivity contribution is 9.10. The van der Waals surface area contributed by atoms with E-state index in [0.717, 1.165) is 12.1 Å². The standard InChI is InChI=1S/C9H8BrF2N.ClH/c10-8-6(12)2-1-5(11)7(8)9(13)3-4-9;/h1-2H,3-4,13H2;1H. The van der Waals surface area contributed by atoms with E-state index in [1.165, 1.54) is 0 Å². The Kier molecular flexibility index (Phi) is 3.19. The van der Waals surface area contributed by atoms with Crippen molar-refractivity contribution < 1.29 is 8.78 Å². The minimum atomic E-state index is -0.648. The van der Waals surface area contributed by atoms with Crippen LogP contribution in [0.3, 0.4) is 0 Å². The van der Waals surface area contributed by atoms with Crippen molar-refractivity contribution in [2.24, 2.45) is 5.73 Å². The van der Waals surface area contributed by atoms with E-state index in [0.29, 0.717) is 12.8 Å². The Morgan fingerprint density at radius 3 is 2.21 bits per heavy atom. The monoisotopic (exact) mass is 283 g/mol. The molecule has 5 heteroatoms. The molecule has 0 spiro atoms. The van der Waals surface area contributed by atoms with Crippen LogP contribution in [0.15, 0.2) is 16.6 Å². The Hall–Kier alpha value is -0.190. The fourth-order valence-corrected chi connectivity index (χ4v) is 2.08. The molecule has 1 aliphatic carbocycles. The summed E-state index contributed by atoms with van der Waals surface area (Å²) in [6.45, 7) is 0. The predicted octanol–water partition coefficient (Wildman–Crippen LogP) is 3.10. The van der Waals surface area contributed by atoms with Gasteiger partial charge in [-0.2, -0.15) is 0 Å². The van der Waals surface area contributed by atoms with Crippen molar-refractivity contribution in [2.75, 3.05) is 0 Å². The molecule has 1 aliphatic rings. The molecule has 2 rings (SSSR count). The molecule has 0 radical (unpaired) electrons. The Balaban J connectivity index is 0.000000980. The summed E-state index contributed by atoms with van der Waals surface area (Å²) in [5, 5.41) is 0. The van der Waals surface area contributed by atoms with Crippen molar-refractivity contribution >= 4 is 28.3 Å². The van der Waals surface area contributed by atoms with Crippen LogP contribution in [-0.2, 0) is 5.54 Å². The molecule has 1 aromatic carbocycles. The van der Waals surface area contributed by atoms with Crippen LogP contribution in [0, 0.1) is 11.6 Å². The van der Waals surface area contributed by atoms with Gasteiger partial charge < -0.3 is 5.73 Å². The molecule has 78 valence electrons. The molecule has 1 nitrogen and oxygen atoms in total. The van der Waals surface area contributed by atoms with Gasteiger partial charge >= 0.3 is 0 Å². The molecule has 1 aromatic rings. The molecular formula is C9H9BrClF2N. The normalized spacial score (nSPS) is 17.4. The van der Waals surface area contributed by atoms with Crippen LogP contribution in [0.2, 0.25) is 0 Å². The zero-order chi connectivity index (χ0) is 9.64. The van der Waals surface area contributed by atoms with Crippen LogP contribution in [0.5, 0.6) is 0 Å². The van der Waals surface area contributed by atoms with Crippen molar-refractivity contribution in [3.8, 4) is 0 Å². The van der Waals surface area contributed by atoms with Gasteiger partial charge in [0.05, 0.1) is 4.47 Å². The molecule has 0 saturated heterocycles. The van der Waals surface area contributed by atoms with E-state index in [4.69, 9.17) is 5.73 Å². The second-order valence-electron chi connectivity index (χ2n) is 3.37. The average molecular weight is 285 g/mol. The van der Waals surface area contributed by atoms with E-state index in [1.807, 2.05) is 0 Å². The number of hydrogen-bond donors (Lipinski definition) is 1. The number of rotatable bonds is 1. The van der Waals surface area contributed by atoms with Crippen molar-refractivity contribution in [3.63, 3.8) is 0 Å². The number of nitrogens with two attached hydrogens (primary N) is 1. The molecule has 0 heterocycles. The smallest absolute Gasteiger partial charge is 0.137 e. The van der Waals surface area contributed by atoms with E-state index in [9.17, 15) is 8.78 Å². The van der Waals surface area contributed by atoms with Crippen LogP contribution in [0.25, 0.3) is 0 Å². The summed E-state index contributed by atoms with van der Waals surface area (Å²) < 4.78 is 26.5. The van der Waals surface area contributed by atoms with Crippen LogP contribution < -0.4 is 5.73 Å². The average Bonchev–Trinajstić information content (AvgIpc) is 2.78. The SMILES string of the molecule is Cl.NC1(c2c(F)ccc(F)c2Br)CC1. The third kappa shape index (κ3) is 1.78. The third-order valence-corrected chi connectivity index (χ3v) is 3.11. The summed E-state index contributed by atoms with van der Waals surface area (Å²) >= 11 is 3.01. The first-order valence-electron chi connectivity index (χ1n) is 3.97. The zero-order valence-electron chi connectivity index (χ0n) is 7.19. The zero-order valence-corrected chi connectivity index (χ0v) is 9.59. The fraction of sp³-hybridized carbons (Fsp3) is 0.333. The summed E-state index contributed by atoms with van der Waals surface area (Å²) in [5.74, 6) is -0.901. The molecule has 0 amide bonds. The Labute approximate surface area is 95.2 Å². The molecule has 1 fully saturated rings. The molecule has 2 N–H and O–H groups in total. The molecule has 14 heavy (non-hydrogen) atoms. The number of halogens is 4. The summed E-state index contributed by atoms with van der Waals surface area (Å²) in [5.41, 5.74) is 5.42. The molecule has 0 unspecified atom stereocenters. The summed E-state index contributed by atoms with van der Waals surface area (Å²) in [6.07, 6.45) is 1.43. The van der Waals surface area contributed by atoms with Gasteiger partial charge in [0, 0.05) is 11.1 Å². The van der Waals surface area contributed by atoms with Crippen LogP contribution >= 0.6 is 28.3 Å². The summed E-state index contributed by atoms with van der Waals surface area (Å²) in [7, 11) is 0. The van der Waals surface area contributed by atoms with Gasteiger partial charge in [0.25, 0.3) is 0 Å². The second kappa shape index (κ2) is 3.76. The highest BCUT2D eigenvalue weighted by Gasteiger charge is 2.44. The third-order valence-electron chi connectivity index (χ3n) is 2.33. The van der Waals surface area contributed by atoms with Gasteiger partial charge in [0.2, 0.25) is 0 Å². The quantitative estimate of drug-likeness (QED) is 0.788. The lowest BCUT2D eigenvalue weighted by molar-refractivity contribution is 0.552. The Bertz CT molecular complexity index is 366. The summed E-state index contributed by atoms with van der Waals surface area (Å²) in [4.78, 5) is 0. The molecule has 1 saturated carbocycles. The van der Waals surface area contributed by atoms with Gasteiger partial charge in [-0.15, -0.1) is 12.4 Å². The van der Waals surface area contributed by atoms with Crippen molar-refractivity contribution in [3.05, 3.63) is 33.8 Å². The van der Waals surface area contributed by atoms with E-state index in [2.05, 4.69) is 15.9 Å². The van der Waals surface area contributed by atoms with Crippen molar-refractivity contribution in [1.82, 2.24) is 0 Å². The number of hydrogen-bond acceptors (Lipinski definition) is 1. The van der Waals surface area contributed by atoms with Crippen LogP contribution in [0.4, 0.5) is 8.78 Å². The highest BCUT2D eigenvalue weighted by Crippen LogP contribution is 2.47. The maximum Gasteiger partial charge on any atom is 0.137 e. The fourth-order valence-electron chi connectivity index (χ4n) is 1.37. The minimum Gasteiger partial charge on any atom is -0.321 e. The molecule has 0 atom stereocenters. The Morgan fingerprint density at radius 2 is 1.71 bits per heavy atom. The first-order chi connectivity index (χ1) is 6.04. The van der Waals surface area contributed by atoms with E-state index in [-0.39, 0.29) is 22.4 Å². The van der Waals surface area contributed by atoms with Gasteiger partial charge in [0.1, 0.15) is 11.6 Å². The lowest BCUT2D eigenvalue weighted by atomic mass is 10.1. The van der Waals surface area contributed by atoms with Crippen LogP contribution in [-0.4, -0.2) is 0 Å².